The molecule has 1 heterocycles. The van der Waals surface area contributed by atoms with E-state index in [2.05, 4.69) is 5.32 Å². The molecule has 0 aromatic heterocycles. The minimum Gasteiger partial charge on any atom is -0.494 e. The maximum atomic E-state index is 14.5. The van der Waals surface area contributed by atoms with E-state index < -0.39 is 39.8 Å². The molecule has 2 atom stereocenters. The van der Waals surface area contributed by atoms with Gasteiger partial charge in [0.2, 0.25) is 5.91 Å². The molecule has 3 aromatic rings. The molecule has 2 unspecified atom stereocenters. The molecule has 1 amide bonds. The zero-order chi connectivity index (χ0) is 29.9. The van der Waals surface area contributed by atoms with Gasteiger partial charge in [-0.3, -0.25) is 9.10 Å². The van der Waals surface area contributed by atoms with Crippen LogP contribution in [0.1, 0.15) is 31.4 Å². The number of allylic oxidation sites excluding steroid dienone is 1. The number of aliphatic hydroxyl groups is 1. The number of nitrogens with one attached hydrogen (secondary N) is 1. The fourth-order valence-corrected chi connectivity index (χ4v) is 6.25. The average molecular weight is 607 g/mol. The summed E-state index contributed by atoms with van der Waals surface area (Å²) < 4.78 is 68.6. The highest BCUT2D eigenvalue weighted by Crippen LogP contribution is 2.40. The van der Waals surface area contributed by atoms with Crippen LogP contribution in [0.2, 0.25) is 5.02 Å². The molecule has 0 aliphatic carbocycles. The molecule has 0 bridgehead atoms. The van der Waals surface area contributed by atoms with Gasteiger partial charge in [0, 0.05) is 24.6 Å². The lowest BCUT2D eigenvalue weighted by Crippen LogP contribution is -2.45. The van der Waals surface area contributed by atoms with Crippen molar-refractivity contribution < 1.29 is 36.6 Å². The number of halogens is 3. The lowest BCUT2D eigenvalue weighted by atomic mass is 10.0. The van der Waals surface area contributed by atoms with Crippen LogP contribution in [-0.4, -0.2) is 51.8 Å². The van der Waals surface area contributed by atoms with Crippen LogP contribution in [0, 0.1) is 11.6 Å². The molecule has 0 spiro atoms. The van der Waals surface area contributed by atoms with Gasteiger partial charge in [-0.15, -0.1) is 0 Å². The normalized spacial score (nSPS) is 16.0. The van der Waals surface area contributed by atoms with Crippen LogP contribution in [0.15, 0.2) is 59.5 Å². The van der Waals surface area contributed by atoms with Gasteiger partial charge < -0.3 is 19.9 Å². The van der Waals surface area contributed by atoms with Crippen LogP contribution < -0.4 is 19.1 Å². The molecule has 12 heteroatoms. The van der Waals surface area contributed by atoms with Gasteiger partial charge in [-0.05, 0) is 61.4 Å². The third kappa shape index (κ3) is 6.64. The minimum absolute atomic E-state index is 0.120. The van der Waals surface area contributed by atoms with Crippen molar-refractivity contribution in [1.29, 1.82) is 0 Å². The second kappa shape index (κ2) is 12.5. The Morgan fingerprint density at radius 3 is 2.66 bits per heavy atom. The number of carbonyl (C=O) groups is 1. The number of rotatable bonds is 9. The van der Waals surface area contributed by atoms with Crippen molar-refractivity contribution in [3.63, 3.8) is 0 Å². The van der Waals surface area contributed by atoms with Gasteiger partial charge in [0.05, 0.1) is 29.3 Å². The van der Waals surface area contributed by atoms with E-state index >= 15 is 0 Å². The molecule has 1 aliphatic rings. The first-order valence-corrected chi connectivity index (χ1v) is 14.5. The zero-order valence-corrected chi connectivity index (χ0v) is 24.1. The second-order valence-corrected chi connectivity index (χ2v) is 11.7. The zero-order valence-electron chi connectivity index (χ0n) is 22.5. The van der Waals surface area contributed by atoms with Gasteiger partial charge in [-0.1, -0.05) is 29.8 Å². The summed E-state index contributed by atoms with van der Waals surface area (Å²) in [7, 11) is -3.01. The van der Waals surface area contributed by atoms with E-state index in [9.17, 15) is 27.1 Å². The fourth-order valence-electron chi connectivity index (χ4n) is 4.43. The van der Waals surface area contributed by atoms with Crippen molar-refractivity contribution in [1.82, 2.24) is 5.32 Å². The molecule has 8 nitrogen and oxygen atoms in total. The van der Waals surface area contributed by atoms with Crippen LogP contribution in [0.4, 0.5) is 14.5 Å². The van der Waals surface area contributed by atoms with Gasteiger partial charge in [0.15, 0.2) is 11.6 Å². The Balaban J connectivity index is 1.74. The van der Waals surface area contributed by atoms with Crippen LogP contribution in [-0.2, 0) is 14.8 Å². The molecule has 0 radical (unpaired) electrons. The summed E-state index contributed by atoms with van der Waals surface area (Å²) in [4.78, 5) is 11.6. The highest BCUT2D eigenvalue weighted by Gasteiger charge is 2.35. The summed E-state index contributed by atoms with van der Waals surface area (Å²) in [6.45, 7) is 3.04. The number of nitrogens with zero attached hydrogens (tertiary/aromatic N) is 1. The van der Waals surface area contributed by atoms with Crippen molar-refractivity contribution >= 4 is 44.9 Å². The minimum atomic E-state index is -4.25. The Morgan fingerprint density at radius 2 is 1.98 bits per heavy atom. The number of carbonyl (C=O) groups excluding carboxylic acids is 1. The predicted molar refractivity (Wildman–Crippen MR) is 153 cm³/mol. The van der Waals surface area contributed by atoms with Gasteiger partial charge in [0.1, 0.15) is 23.8 Å². The van der Waals surface area contributed by atoms with E-state index in [0.29, 0.717) is 11.1 Å². The first kappa shape index (κ1) is 30.3. The number of amides is 1. The summed E-state index contributed by atoms with van der Waals surface area (Å²) in [5.74, 6) is -1.74. The molecular weight excluding hydrogens is 578 g/mol. The SMILES string of the molecule is COc1cc(S(=O)(=O)N2CC(CCNC(=O)C(C)O)Oc3ccc(/C=C(\C)c4c(F)cccc4Cl)cc32)ccc1F. The Hall–Kier alpha value is -3.67. The number of hydrogen-bond acceptors (Lipinski definition) is 6. The predicted octanol–water partition coefficient (Wildman–Crippen LogP) is 5.03. The topological polar surface area (TPSA) is 105 Å². The number of aliphatic hydroxyl groups excluding tert-OH is 1. The van der Waals surface area contributed by atoms with Crippen LogP contribution in [0.5, 0.6) is 11.5 Å². The number of benzene rings is 3. The second-order valence-electron chi connectivity index (χ2n) is 9.48. The number of fused-ring (bicyclic) bond motifs is 1. The first-order chi connectivity index (χ1) is 19.4. The largest absolute Gasteiger partial charge is 0.494 e. The number of methoxy groups -OCH3 is 1. The fraction of sp³-hybridized carbons (Fsp3) is 0.276. The Bertz CT molecular complexity index is 1580. The lowest BCUT2D eigenvalue weighted by Gasteiger charge is -2.36. The molecule has 0 saturated heterocycles. The number of hydrogen-bond donors (Lipinski definition) is 2. The molecule has 218 valence electrons. The smallest absolute Gasteiger partial charge is 0.264 e. The van der Waals surface area contributed by atoms with E-state index in [1.54, 1.807) is 37.3 Å². The van der Waals surface area contributed by atoms with Crippen molar-refractivity contribution in [2.45, 2.75) is 37.4 Å². The number of sulfonamides is 1. The van der Waals surface area contributed by atoms with Crippen molar-refractivity contribution in [2.75, 3.05) is 24.5 Å². The molecule has 2 N–H and O–H groups in total. The Labute approximate surface area is 242 Å². The average Bonchev–Trinajstić information content (AvgIpc) is 2.92. The summed E-state index contributed by atoms with van der Waals surface area (Å²) in [6, 6.07) is 12.5. The number of ether oxygens (including phenoxy) is 2. The highest BCUT2D eigenvalue weighted by atomic mass is 35.5. The molecule has 0 fully saturated rings. The van der Waals surface area contributed by atoms with Crippen LogP contribution in [0.3, 0.4) is 0 Å². The van der Waals surface area contributed by atoms with Crippen molar-refractivity contribution in [2.24, 2.45) is 0 Å². The molecule has 1 aliphatic heterocycles. The van der Waals surface area contributed by atoms with E-state index in [0.717, 1.165) is 22.5 Å². The molecule has 0 saturated carbocycles. The van der Waals surface area contributed by atoms with Crippen molar-refractivity contribution in [3.05, 3.63) is 82.4 Å². The molecule has 3 aromatic carbocycles. The quantitative estimate of drug-likeness (QED) is 0.331. The van der Waals surface area contributed by atoms with E-state index in [1.165, 1.54) is 26.2 Å². The lowest BCUT2D eigenvalue weighted by molar-refractivity contribution is -0.128. The Kier molecular flexibility index (Phi) is 9.21. The van der Waals surface area contributed by atoms with Gasteiger partial charge in [-0.25, -0.2) is 17.2 Å². The molecule has 4 rings (SSSR count). The summed E-state index contributed by atoms with van der Waals surface area (Å²) in [5.41, 5.74) is 1.53. The first-order valence-electron chi connectivity index (χ1n) is 12.7. The van der Waals surface area contributed by atoms with E-state index in [-0.39, 0.29) is 52.2 Å². The van der Waals surface area contributed by atoms with Crippen LogP contribution >= 0.6 is 11.6 Å². The van der Waals surface area contributed by atoms with Crippen LogP contribution in [0.25, 0.3) is 11.6 Å². The third-order valence-corrected chi connectivity index (χ3v) is 8.60. The summed E-state index contributed by atoms with van der Waals surface area (Å²) in [6.07, 6.45) is 0.0637. The van der Waals surface area contributed by atoms with E-state index in [4.69, 9.17) is 21.1 Å². The monoisotopic (exact) mass is 606 g/mol. The number of anilines is 1. The van der Waals surface area contributed by atoms with Gasteiger partial charge in [0.25, 0.3) is 10.0 Å². The molecular formula is C29H29ClF2N2O6S. The van der Waals surface area contributed by atoms with Crippen molar-refractivity contribution in [3.8, 4) is 11.5 Å². The summed E-state index contributed by atoms with van der Waals surface area (Å²) >= 11 is 6.22. The Morgan fingerprint density at radius 1 is 1.22 bits per heavy atom. The molecule has 41 heavy (non-hydrogen) atoms. The maximum Gasteiger partial charge on any atom is 0.264 e. The maximum absolute atomic E-state index is 14.5. The summed E-state index contributed by atoms with van der Waals surface area (Å²) in [5, 5.41) is 12.2. The van der Waals surface area contributed by atoms with Gasteiger partial charge >= 0.3 is 0 Å². The highest BCUT2D eigenvalue weighted by molar-refractivity contribution is 7.92. The van der Waals surface area contributed by atoms with E-state index in [1.807, 2.05) is 0 Å². The third-order valence-electron chi connectivity index (χ3n) is 6.51. The standard InChI is InChI=1S/C29H29ClF2N2O6S/c1-17(28-22(30)5-4-6-24(28)32)13-19-7-10-26-25(14-19)34(16-20(40-26)11-12-33-29(36)18(2)35)41(37,38)21-8-9-23(31)27(15-21)39-3/h4-10,13-15,18,20,35H,11-12,16H2,1-3H3,(H,33,36)/b17-13+. The van der Waals surface area contributed by atoms with Gasteiger partial charge in [-0.2, -0.15) is 0 Å².